The van der Waals surface area contributed by atoms with Gasteiger partial charge in [-0.3, -0.25) is 0 Å². The number of aromatic carboxylic acids is 2. The van der Waals surface area contributed by atoms with E-state index < -0.39 is 29.4 Å². The summed E-state index contributed by atoms with van der Waals surface area (Å²) in [6.07, 6.45) is 2.93. The first kappa shape index (κ1) is 25.5. The molecule has 0 atom stereocenters. The van der Waals surface area contributed by atoms with Crippen LogP contribution in [0.2, 0.25) is 0 Å². The molecule has 15 nitrogen and oxygen atoms in total. The van der Waals surface area contributed by atoms with Crippen molar-refractivity contribution in [3.05, 3.63) is 77.6 Å². The van der Waals surface area contributed by atoms with E-state index in [1.807, 2.05) is 0 Å². The summed E-state index contributed by atoms with van der Waals surface area (Å²) in [5, 5.41) is 54.4. The van der Waals surface area contributed by atoms with Crippen LogP contribution >= 0.6 is 0 Å². The molecule has 2 aromatic carbocycles. The molecule has 5 rings (SSSR count). The highest BCUT2D eigenvalue weighted by molar-refractivity contribution is 5.92. The number of carboxylic acids is 2. The van der Waals surface area contributed by atoms with Crippen LogP contribution in [-0.4, -0.2) is 80.4 Å². The normalized spacial score (nSPS) is 10.8. The zero-order chi connectivity index (χ0) is 28.6. The van der Waals surface area contributed by atoms with Gasteiger partial charge in [0.25, 0.3) is 0 Å². The number of ether oxygens (including phenoxy) is 1. The summed E-state index contributed by atoms with van der Waals surface area (Å²) >= 11 is 0. The minimum absolute atomic E-state index is 0.124. The van der Waals surface area contributed by atoms with Crippen LogP contribution in [-0.2, 0) is 4.74 Å². The number of nitrogens with zero attached hydrogens (tertiary/aromatic N) is 7. The van der Waals surface area contributed by atoms with E-state index in [9.17, 15) is 24.6 Å². The highest BCUT2D eigenvalue weighted by atomic mass is 16.5. The van der Waals surface area contributed by atoms with Crippen LogP contribution < -0.4 is 0 Å². The molecule has 0 aliphatic carbocycles. The van der Waals surface area contributed by atoms with Crippen molar-refractivity contribution < 1.29 is 39.5 Å². The molecule has 0 bridgehead atoms. The van der Waals surface area contributed by atoms with Crippen molar-refractivity contribution in [3.8, 4) is 45.6 Å². The van der Waals surface area contributed by atoms with Crippen molar-refractivity contribution in [2.24, 2.45) is 0 Å². The first-order chi connectivity index (χ1) is 19.1. The van der Waals surface area contributed by atoms with E-state index in [2.05, 4.69) is 25.6 Å². The largest absolute Gasteiger partial charge is 0.507 e. The van der Waals surface area contributed by atoms with Gasteiger partial charge >= 0.3 is 17.9 Å². The van der Waals surface area contributed by atoms with Crippen molar-refractivity contribution in [1.29, 1.82) is 0 Å². The second-order valence-electron chi connectivity index (χ2n) is 8.23. The number of aromatic nitrogens is 7. The topological polar surface area (TPSA) is 216 Å². The smallest absolute Gasteiger partial charge is 0.339 e. The Bertz CT molecular complexity index is 1690. The van der Waals surface area contributed by atoms with Gasteiger partial charge < -0.3 is 25.2 Å². The Kier molecular flexibility index (Phi) is 6.37. The molecule has 0 fully saturated rings. The van der Waals surface area contributed by atoms with Crippen LogP contribution in [0.25, 0.3) is 34.2 Å². The van der Waals surface area contributed by atoms with Crippen LogP contribution in [0.3, 0.4) is 0 Å². The third-order valence-electron chi connectivity index (χ3n) is 5.71. The van der Waals surface area contributed by atoms with Gasteiger partial charge in [0.15, 0.2) is 0 Å². The van der Waals surface area contributed by atoms with Crippen LogP contribution in [0.4, 0.5) is 0 Å². The molecule has 200 valence electrons. The lowest BCUT2D eigenvalue weighted by Gasteiger charge is -2.05. The Labute approximate surface area is 223 Å². The molecule has 4 N–H and O–H groups in total. The summed E-state index contributed by atoms with van der Waals surface area (Å²) in [6.45, 7) is 0. The molecule has 3 aromatic heterocycles. The summed E-state index contributed by atoms with van der Waals surface area (Å²) in [6, 6.07) is 10.6. The van der Waals surface area contributed by atoms with Gasteiger partial charge in [-0.1, -0.05) is 10.4 Å². The fourth-order valence-electron chi connectivity index (χ4n) is 3.73. The second-order valence-corrected chi connectivity index (χ2v) is 8.23. The molecule has 3 heterocycles. The van der Waals surface area contributed by atoms with Crippen LogP contribution in [0.5, 0.6) is 11.5 Å². The first-order valence-electron chi connectivity index (χ1n) is 11.2. The fraction of sp³-hybridized carbons (Fsp3) is 0.0400. The standard InChI is InChI=1S/C25H17N7O8/c1-40-25(39)12-6-17(19-10-31(29-27-19)13-2-4-15(23(35)36)21(33)8-13)26-18(7-12)20-11-32(30-28-20)14-3-5-16(24(37)38)22(34)9-14/h2-11,33-34H,1H3,(H,35,36)(H,37,38). The molecule has 0 unspecified atom stereocenters. The number of carbonyl (C=O) groups excluding carboxylic acids is 1. The predicted molar refractivity (Wildman–Crippen MR) is 134 cm³/mol. The second kappa shape index (κ2) is 9.97. The third kappa shape index (κ3) is 4.76. The molecule has 0 aliphatic heterocycles. The van der Waals surface area contributed by atoms with Gasteiger partial charge in [0.05, 0.1) is 47.8 Å². The number of methoxy groups -OCH3 is 1. The SMILES string of the molecule is COC(=O)c1cc(-c2cn(-c3ccc(C(=O)O)c(O)c3)nn2)nc(-c2cn(-c3ccc(C(=O)O)c(O)c3)nn2)c1. The predicted octanol–water partition coefficient (Wildman–Crippen LogP) is 2.17. The zero-order valence-corrected chi connectivity index (χ0v) is 20.3. The molecule has 15 heteroatoms. The summed E-state index contributed by atoms with van der Waals surface area (Å²) in [7, 11) is 1.22. The lowest BCUT2D eigenvalue weighted by molar-refractivity contribution is 0.0599. The number of pyridine rings is 1. The molecule has 40 heavy (non-hydrogen) atoms. The lowest BCUT2D eigenvalue weighted by Crippen LogP contribution is -2.03. The number of hydrogen-bond acceptors (Lipinski definition) is 11. The number of hydrogen-bond donors (Lipinski definition) is 4. The molecular weight excluding hydrogens is 526 g/mol. The highest BCUT2D eigenvalue weighted by Gasteiger charge is 2.18. The van der Waals surface area contributed by atoms with E-state index >= 15 is 0 Å². The van der Waals surface area contributed by atoms with Gasteiger partial charge in [0, 0.05) is 12.1 Å². The van der Waals surface area contributed by atoms with E-state index in [-0.39, 0.29) is 39.5 Å². The summed E-state index contributed by atoms with van der Waals surface area (Å²) < 4.78 is 7.43. The van der Waals surface area contributed by atoms with Gasteiger partial charge in [-0.15, -0.1) is 10.2 Å². The first-order valence-corrected chi connectivity index (χ1v) is 11.2. The van der Waals surface area contributed by atoms with Gasteiger partial charge in [-0.25, -0.2) is 28.7 Å². The summed E-state index contributed by atoms with van der Waals surface area (Å²) in [5.74, 6) is -4.14. The maximum absolute atomic E-state index is 12.4. The van der Waals surface area contributed by atoms with Crippen molar-refractivity contribution in [2.45, 2.75) is 0 Å². The van der Waals surface area contributed by atoms with Gasteiger partial charge in [-0.2, -0.15) is 0 Å². The molecule has 5 aromatic rings. The number of carboxylic acid groups (broad SMARTS) is 2. The van der Waals surface area contributed by atoms with Crippen LogP contribution in [0.1, 0.15) is 31.1 Å². The monoisotopic (exact) mass is 543 g/mol. The molecule has 0 amide bonds. The number of phenols is 2. The van der Waals surface area contributed by atoms with Crippen molar-refractivity contribution in [1.82, 2.24) is 35.0 Å². The van der Waals surface area contributed by atoms with Crippen molar-refractivity contribution in [2.75, 3.05) is 7.11 Å². The lowest BCUT2D eigenvalue weighted by atomic mass is 10.1. The number of esters is 1. The summed E-state index contributed by atoms with van der Waals surface area (Å²) in [5.41, 5.74) is 1.12. The fourth-order valence-corrected chi connectivity index (χ4v) is 3.73. The third-order valence-corrected chi connectivity index (χ3v) is 5.71. The van der Waals surface area contributed by atoms with E-state index in [4.69, 9.17) is 14.9 Å². The quantitative estimate of drug-likeness (QED) is 0.217. The Hall–Kier alpha value is -6.12. The molecule has 0 radical (unpaired) electrons. The Morgan fingerprint density at radius 3 is 1.52 bits per heavy atom. The van der Waals surface area contributed by atoms with E-state index in [0.717, 1.165) is 0 Å². The minimum Gasteiger partial charge on any atom is -0.507 e. The average Bonchev–Trinajstić information content (AvgIpc) is 3.63. The molecule has 0 aliphatic rings. The Morgan fingerprint density at radius 1 is 0.700 bits per heavy atom. The van der Waals surface area contributed by atoms with Crippen molar-refractivity contribution >= 4 is 17.9 Å². The van der Waals surface area contributed by atoms with Crippen LogP contribution in [0.15, 0.2) is 60.9 Å². The highest BCUT2D eigenvalue weighted by Crippen LogP contribution is 2.27. The van der Waals surface area contributed by atoms with E-state index in [0.29, 0.717) is 11.4 Å². The number of aromatic hydroxyl groups is 2. The molecule has 0 saturated heterocycles. The van der Waals surface area contributed by atoms with Gasteiger partial charge in [-0.05, 0) is 36.4 Å². The Balaban J connectivity index is 1.52. The zero-order valence-electron chi connectivity index (χ0n) is 20.3. The Morgan fingerprint density at radius 2 is 1.15 bits per heavy atom. The molecule has 0 spiro atoms. The number of carbonyl (C=O) groups is 3. The number of rotatable bonds is 7. The maximum atomic E-state index is 12.4. The van der Waals surface area contributed by atoms with Crippen LogP contribution in [0, 0.1) is 0 Å². The van der Waals surface area contributed by atoms with E-state index in [1.165, 1.54) is 77.4 Å². The average molecular weight is 543 g/mol. The maximum Gasteiger partial charge on any atom is 0.339 e. The van der Waals surface area contributed by atoms with Gasteiger partial charge in [0.1, 0.15) is 34.0 Å². The van der Waals surface area contributed by atoms with Gasteiger partial charge in [0.2, 0.25) is 0 Å². The van der Waals surface area contributed by atoms with E-state index in [1.54, 1.807) is 0 Å². The number of benzene rings is 2. The van der Waals surface area contributed by atoms with Crippen molar-refractivity contribution in [3.63, 3.8) is 0 Å². The molecular formula is C25H17N7O8. The summed E-state index contributed by atoms with van der Waals surface area (Å²) in [4.78, 5) is 39.3. The minimum atomic E-state index is -1.29. The molecule has 0 saturated carbocycles.